The molecule has 0 heterocycles. The minimum absolute atomic E-state index is 0. The van der Waals surface area contributed by atoms with E-state index in [4.69, 9.17) is 0 Å². The Morgan fingerprint density at radius 2 is 1.47 bits per heavy atom. The SMILES string of the molecule is C1=CCC2CC[CH-]C2=C1.Cc1c[c-](C)c(C)c1C.[Cl-].[Cl-].[Zr+2]=[Si](c1ccccc1)c1ccccc1. The molecular weight excluding hydrogens is 551 g/mol. The normalized spacial score (nSPS) is 15.0. The molecule has 178 valence electrons. The first-order valence-electron chi connectivity index (χ1n) is 11.6. The molecular formula is C30H34Cl2SiZr-2. The third-order valence-corrected chi connectivity index (χ3v) is 12.6. The van der Waals surface area contributed by atoms with Crippen LogP contribution in [0.15, 0.2) is 90.5 Å². The zero-order valence-electron chi connectivity index (χ0n) is 20.6. The van der Waals surface area contributed by atoms with Gasteiger partial charge in [-0.25, -0.2) is 18.1 Å². The average molecular weight is 585 g/mol. The van der Waals surface area contributed by atoms with E-state index in [-0.39, 0.29) is 24.8 Å². The van der Waals surface area contributed by atoms with Gasteiger partial charge in [0, 0.05) is 0 Å². The van der Waals surface area contributed by atoms with E-state index >= 15 is 0 Å². The standard InChI is InChI=1S/C12H10Si.C9H11.C9H13.2ClH.Zr/c1-3-7-11(8-4-1)13-12-9-5-2-6-10-12;1-2-5-9-7-3-6-8(9)4-1;1-6-5-7(2)9(4)8(6)3;;;/h1-10H;1-2,4,6,9H,3,5,7H2;5H,1-4H3;2*1H;/q;2*-1;;;+2/p-2. The molecule has 1 atom stereocenters. The van der Waals surface area contributed by atoms with Crippen LogP contribution in [0.1, 0.15) is 41.5 Å². The Morgan fingerprint density at radius 1 is 0.912 bits per heavy atom. The Morgan fingerprint density at radius 3 is 1.88 bits per heavy atom. The fourth-order valence-corrected chi connectivity index (χ4v) is 8.02. The summed E-state index contributed by atoms with van der Waals surface area (Å²) in [5.41, 5.74) is 6.87. The number of halogens is 2. The number of rotatable bonds is 2. The predicted octanol–water partition coefficient (Wildman–Crippen LogP) is 0.473. The van der Waals surface area contributed by atoms with Crippen LogP contribution in [0.4, 0.5) is 0 Å². The van der Waals surface area contributed by atoms with Gasteiger partial charge in [-0.2, -0.15) is 28.3 Å². The van der Waals surface area contributed by atoms with Crippen LogP contribution in [-0.4, -0.2) is 5.43 Å². The number of benzene rings is 2. The molecule has 0 amide bonds. The van der Waals surface area contributed by atoms with Gasteiger partial charge in [-0.1, -0.05) is 34.1 Å². The van der Waals surface area contributed by atoms with Crippen molar-refractivity contribution in [1.29, 1.82) is 0 Å². The van der Waals surface area contributed by atoms with Crippen LogP contribution in [0.5, 0.6) is 0 Å². The molecule has 3 aromatic rings. The molecule has 4 heteroatoms. The van der Waals surface area contributed by atoms with Gasteiger partial charge in [-0.15, -0.1) is 18.6 Å². The molecule has 2 aliphatic carbocycles. The Bertz CT molecular complexity index is 1020. The topological polar surface area (TPSA) is 0 Å². The van der Waals surface area contributed by atoms with Crippen molar-refractivity contribution >= 4 is 15.8 Å². The maximum absolute atomic E-state index is 2.37. The van der Waals surface area contributed by atoms with Gasteiger partial charge in [-0.05, 0) is 12.3 Å². The molecule has 1 saturated carbocycles. The Kier molecular flexibility index (Phi) is 14.3. The van der Waals surface area contributed by atoms with E-state index < -0.39 is 5.43 Å². The van der Waals surface area contributed by atoms with E-state index in [2.05, 4.69) is 119 Å². The summed E-state index contributed by atoms with van der Waals surface area (Å²) in [6, 6.07) is 23.9. The number of fused-ring (bicyclic) bond motifs is 1. The van der Waals surface area contributed by atoms with E-state index in [1.165, 1.54) is 51.9 Å². The fraction of sp³-hybridized carbons (Fsp3) is 0.267. The van der Waals surface area contributed by atoms with Crippen LogP contribution in [0.2, 0.25) is 0 Å². The van der Waals surface area contributed by atoms with E-state index in [1.807, 2.05) is 0 Å². The molecule has 0 nitrogen and oxygen atoms in total. The summed E-state index contributed by atoms with van der Waals surface area (Å²) in [5, 5.41) is 3.03. The van der Waals surface area contributed by atoms with Gasteiger partial charge in [0.2, 0.25) is 0 Å². The van der Waals surface area contributed by atoms with Crippen LogP contribution in [-0.2, 0) is 23.3 Å². The van der Waals surface area contributed by atoms with Crippen molar-refractivity contribution in [2.45, 2.75) is 47.0 Å². The summed E-state index contributed by atoms with van der Waals surface area (Å²) in [6.45, 7) is 8.68. The fourth-order valence-electron chi connectivity index (χ4n) is 4.17. The van der Waals surface area contributed by atoms with Gasteiger partial charge in [0.15, 0.2) is 0 Å². The van der Waals surface area contributed by atoms with Gasteiger partial charge in [0.05, 0.1) is 0 Å². The summed E-state index contributed by atoms with van der Waals surface area (Å²) >= 11 is 1.64. The summed E-state index contributed by atoms with van der Waals surface area (Å²) in [5.74, 6) is 0.884. The van der Waals surface area contributed by atoms with Crippen LogP contribution >= 0.6 is 0 Å². The molecule has 5 rings (SSSR count). The van der Waals surface area contributed by atoms with Crippen LogP contribution < -0.4 is 35.2 Å². The molecule has 0 radical (unpaired) electrons. The molecule has 1 fully saturated rings. The van der Waals surface area contributed by atoms with Crippen molar-refractivity contribution < 1.29 is 48.1 Å². The van der Waals surface area contributed by atoms with Crippen molar-refractivity contribution in [2.24, 2.45) is 5.92 Å². The van der Waals surface area contributed by atoms with Crippen LogP contribution in [0.3, 0.4) is 0 Å². The summed E-state index contributed by atoms with van der Waals surface area (Å²) in [6.07, 6.45) is 13.0. The zero-order valence-corrected chi connectivity index (χ0v) is 25.6. The quantitative estimate of drug-likeness (QED) is 0.304. The summed E-state index contributed by atoms with van der Waals surface area (Å²) in [4.78, 5) is 0. The van der Waals surface area contributed by atoms with Gasteiger partial charge in [0.25, 0.3) is 0 Å². The molecule has 2 aliphatic rings. The first-order chi connectivity index (χ1) is 15.5. The molecule has 0 saturated heterocycles. The van der Waals surface area contributed by atoms with Crippen molar-refractivity contribution in [3.05, 3.63) is 119 Å². The Balaban J connectivity index is 0.000000257. The van der Waals surface area contributed by atoms with E-state index in [0.29, 0.717) is 0 Å². The Hall–Kier alpha value is -1.18. The molecule has 0 spiro atoms. The average Bonchev–Trinajstić information content (AvgIpc) is 3.41. The van der Waals surface area contributed by atoms with Gasteiger partial charge >= 0.3 is 99.8 Å². The maximum atomic E-state index is 2.37. The van der Waals surface area contributed by atoms with Gasteiger partial charge < -0.3 is 24.8 Å². The summed E-state index contributed by atoms with van der Waals surface area (Å²) in [7, 11) is 0. The molecule has 34 heavy (non-hydrogen) atoms. The number of aryl methyl sites for hydroxylation is 2. The van der Waals surface area contributed by atoms with Crippen molar-refractivity contribution in [2.75, 3.05) is 0 Å². The second kappa shape index (κ2) is 15.7. The van der Waals surface area contributed by atoms with Crippen molar-refractivity contribution in [3.8, 4) is 0 Å². The molecule has 0 bridgehead atoms. The van der Waals surface area contributed by atoms with E-state index in [9.17, 15) is 0 Å². The molecule has 0 N–H and O–H groups in total. The second-order valence-electron chi connectivity index (χ2n) is 8.68. The third kappa shape index (κ3) is 8.80. The van der Waals surface area contributed by atoms with Crippen LogP contribution in [0.25, 0.3) is 0 Å². The third-order valence-electron chi connectivity index (χ3n) is 6.52. The number of hydrogen-bond acceptors (Lipinski definition) is 0. The summed E-state index contributed by atoms with van der Waals surface area (Å²) < 4.78 is 0. The first-order valence-corrected chi connectivity index (χ1v) is 16.8. The minimum atomic E-state index is -0.455. The van der Waals surface area contributed by atoms with Gasteiger partial charge in [0.1, 0.15) is 0 Å². The zero-order chi connectivity index (χ0) is 22.9. The second-order valence-corrected chi connectivity index (χ2v) is 14.3. The van der Waals surface area contributed by atoms with E-state index in [1.54, 1.807) is 28.9 Å². The predicted molar refractivity (Wildman–Crippen MR) is 138 cm³/mol. The van der Waals surface area contributed by atoms with Crippen LogP contribution in [0, 0.1) is 40.0 Å². The molecule has 3 aromatic carbocycles. The van der Waals surface area contributed by atoms with Crippen molar-refractivity contribution in [3.63, 3.8) is 0 Å². The molecule has 0 aromatic heterocycles. The molecule has 0 aliphatic heterocycles. The number of allylic oxidation sites excluding steroid dienone is 4. The van der Waals surface area contributed by atoms with Crippen molar-refractivity contribution in [1.82, 2.24) is 0 Å². The monoisotopic (exact) mass is 582 g/mol. The molecule has 1 unspecified atom stereocenters. The van der Waals surface area contributed by atoms with Gasteiger partial charge in [-0.3, -0.25) is 0 Å². The van der Waals surface area contributed by atoms with E-state index in [0.717, 1.165) is 5.92 Å². The first kappa shape index (κ1) is 30.9. The number of hydrogen-bond donors (Lipinski definition) is 0. The Labute approximate surface area is 234 Å².